The molecule has 0 aliphatic rings. The number of anilines is 1. The molecular formula is C14H17N3O3. The SMILES string of the molecule is CCc1nonc1NC(=O)COc1cc(C)cc(C)c1. The Morgan fingerprint density at radius 1 is 1.25 bits per heavy atom. The summed E-state index contributed by atoms with van der Waals surface area (Å²) in [6, 6.07) is 5.81. The summed E-state index contributed by atoms with van der Waals surface area (Å²) in [6.45, 7) is 5.78. The van der Waals surface area contributed by atoms with Gasteiger partial charge in [-0.2, -0.15) is 0 Å². The van der Waals surface area contributed by atoms with E-state index in [9.17, 15) is 4.79 Å². The highest BCUT2D eigenvalue weighted by atomic mass is 16.6. The minimum atomic E-state index is -0.297. The summed E-state index contributed by atoms with van der Waals surface area (Å²) in [6.07, 6.45) is 0.636. The number of hydrogen-bond acceptors (Lipinski definition) is 5. The molecule has 0 saturated heterocycles. The Labute approximate surface area is 117 Å². The van der Waals surface area contributed by atoms with Crippen molar-refractivity contribution < 1.29 is 14.2 Å². The van der Waals surface area contributed by atoms with Crippen LogP contribution in [-0.2, 0) is 11.2 Å². The van der Waals surface area contributed by atoms with Crippen molar-refractivity contribution in [1.82, 2.24) is 10.3 Å². The molecule has 2 aromatic rings. The maximum Gasteiger partial charge on any atom is 0.263 e. The number of nitrogens with zero attached hydrogens (tertiary/aromatic N) is 2. The van der Waals surface area contributed by atoms with Gasteiger partial charge in [0, 0.05) is 0 Å². The number of benzene rings is 1. The van der Waals surface area contributed by atoms with Crippen LogP contribution < -0.4 is 10.1 Å². The highest BCUT2D eigenvalue weighted by molar-refractivity contribution is 5.91. The number of aryl methyl sites for hydroxylation is 3. The molecule has 0 aliphatic carbocycles. The largest absolute Gasteiger partial charge is 0.484 e. The van der Waals surface area contributed by atoms with Crippen LogP contribution in [0, 0.1) is 13.8 Å². The molecule has 6 heteroatoms. The topological polar surface area (TPSA) is 77.3 Å². The Bertz CT molecular complexity index is 587. The first-order valence-corrected chi connectivity index (χ1v) is 6.41. The van der Waals surface area contributed by atoms with Gasteiger partial charge in [0.05, 0.1) is 0 Å². The minimum absolute atomic E-state index is 0.0844. The molecule has 0 aliphatic heterocycles. The van der Waals surface area contributed by atoms with Gasteiger partial charge in [-0.15, -0.1) is 0 Å². The number of hydrogen-bond donors (Lipinski definition) is 1. The number of nitrogens with one attached hydrogen (secondary N) is 1. The van der Waals surface area contributed by atoms with E-state index >= 15 is 0 Å². The number of ether oxygens (including phenoxy) is 1. The lowest BCUT2D eigenvalue weighted by Gasteiger charge is -2.08. The third kappa shape index (κ3) is 3.57. The van der Waals surface area contributed by atoms with E-state index in [4.69, 9.17) is 4.74 Å². The molecular weight excluding hydrogens is 258 g/mol. The number of carbonyl (C=O) groups is 1. The van der Waals surface area contributed by atoms with Gasteiger partial charge < -0.3 is 10.1 Å². The predicted octanol–water partition coefficient (Wildman–Crippen LogP) is 2.27. The molecule has 0 bridgehead atoms. The third-order valence-electron chi connectivity index (χ3n) is 2.71. The summed E-state index contributed by atoms with van der Waals surface area (Å²) in [5.74, 6) is 0.725. The molecule has 1 aromatic heterocycles. The third-order valence-corrected chi connectivity index (χ3v) is 2.71. The summed E-state index contributed by atoms with van der Waals surface area (Å²) in [5.41, 5.74) is 2.80. The Kier molecular flexibility index (Phi) is 4.34. The second kappa shape index (κ2) is 6.18. The van der Waals surface area contributed by atoms with Gasteiger partial charge in [-0.3, -0.25) is 4.79 Å². The zero-order chi connectivity index (χ0) is 14.5. The number of carbonyl (C=O) groups excluding carboxylic acids is 1. The molecule has 0 saturated carbocycles. The lowest BCUT2D eigenvalue weighted by molar-refractivity contribution is -0.118. The Balaban J connectivity index is 1.92. The van der Waals surface area contributed by atoms with E-state index < -0.39 is 0 Å². The Morgan fingerprint density at radius 3 is 2.60 bits per heavy atom. The summed E-state index contributed by atoms with van der Waals surface area (Å²) in [5, 5.41) is 9.93. The molecule has 0 fully saturated rings. The van der Waals surface area contributed by atoms with Crippen LogP contribution in [0.3, 0.4) is 0 Å². The van der Waals surface area contributed by atoms with Crippen molar-refractivity contribution in [3.8, 4) is 5.75 Å². The summed E-state index contributed by atoms with van der Waals surface area (Å²) < 4.78 is 10.0. The molecule has 1 heterocycles. The molecule has 20 heavy (non-hydrogen) atoms. The van der Waals surface area contributed by atoms with E-state index in [1.807, 2.05) is 39.0 Å². The van der Waals surface area contributed by atoms with E-state index in [0.29, 0.717) is 23.7 Å². The van der Waals surface area contributed by atoms with E-state index in [1.54, 1.807) is 0 Å². The van der Waals surface area contributed by atoms with Gasteiger partial charge in [0.1, 0.15) is 11.4 Å². The first kappa shape index (κ1) is 14.0. The Morgan fingerprint density at radius 2 is 1.95 bits per heavy atom. The highest BCUT2D eigenvalue weighted by Crippen LogP contribution is 2.16. The molecule has 1 N–H and O–H groups in total. The second-order valence-corrected chi connectivity index (χ2v) is 4.57. The molecule has 1 amide bonds. The van der Waals surface area contributed by atoms with Gasteiger partial charge in [-0.25, -0.2) is 4.63 Å². The average Bonchev–Trinajstić information content (AvgIpc) is 2.82. The van der Waals surface area contributed by atoms with Crippen LogP contribution in [-0.4, -0.2) is 22.8 Å². The second-order valence-electron chi connectivity index (χ2n) is 4.57. The smallest absolute Gasteiger partial charge is 0.263 e. The molecule has 6 nitrogen and oxygen atoms in total. The zero-order valence-corrected chi connectivity index (χ0v) is 11.8. The van der Waals surface area contributed by atoms with E-state index in [0.717, 1.165) is 11.1 Å². The van der Waals surface area contributed by atoms with Crippen molar-refractivity contribution >= 4 is 11.7 Å². The minimum Gasteiger partial charge on any atom is -0.484 e. The van der Waals surface area contributed by atoms with E-state index in [2.05, 4.69) is 20.3 Å². The first-order chi connectivity index (χ1) is 9.58. The van der Waals surface area contributed by atoms with Gasteiger partial charge in [0.2, 0.25) is 5.82 Å². The fourth-order valence-corrected chi connectivity index (χ4v) is 1.87. The van der Waals surface area contributed by atoms with Gasteiger partial charge >= 0.3 is 0 Å². The fraction of sp³-hybridized carbons (Fsp3) is 0.357. The average molecular weight is 275 g/mol. The standard InChI is InChI=1S/C14H17N3O3/c1-4-12-14(17-20-16-12)15-13(18)8-19-11-6-9(2)5-10(3)7-11/h5-7H,4,8H2,1-3H3,(H,15,17,18). The predicted molar refractivity (Wildman–Crippen MR) is 73.7 cm³/mol. The lowest BCUT2D eigenvalue weighted by Crippen LogP contribution is -2.21. The van der Waals surface area contributed by atoms with Crippen LogP contribution in [0.4, 0.5) is 5.82 Å². The van der Waals surface area contributed by atoms with Crippen molar-refractivity contribution in [3.05, 3.63) is 35.0 Å². The number of aromatic nitrogens is 2. The molecule has 2 rings (SSSR count). The molecule has 0 radical (unpaired) electrons. The van der Waals surface area contributed by atoms with Crippen molar-refractivity contribution in [3.63, 3.8) is 0 Å². The fourth-order valence-electron chi connectivity index (χ4n) is 1.87. The van der Waals surface area contributed by atoms with Crippen LogP contribution in [0.5, 0.6) is 5.75 Å². The van der Waals surface area contributed by atoms with Gasteiger partial charge in [0.25, 0.3) is 5.91 Å². The zero-order valence-electron chi connectivity index (χ0n) is 11.8. The van der Waals surface area contributed by atoms with E-state index in [-0.39, 0.29) is 12.5 Å². The maximum atomic E-state index is 11.8. The number of amides is 1. The number of rotatable bonds is 5. The summed E-state index contributed by atoms with van der Waals surface area (Å²) >= 11 is 0. The van der Waals surface area contributed by atoms with Crippen molar-refractivity contribution in [2.75, 3.05) is 11.9 Å². The maximum absolute atomic E-state index is 11.8. The molecule has 106 valence electrons. The van der Waals surface area contributed by atoms with Crippen LogP contribution >= 0.6 is 0 Å². The van der Waals surface area contributed by atoms with Crippen LogP contribution in [0.15, 0.2) is 22.8 Å². The van der Waals surface area contributed by atoms with Crippen molar-refractivity contribution in [2.45, 2.75) is 27.2 Å². The quantitative estimate of drug-likeness (QED) is 0.905. The molecule has 0 unspecified atom stereocenters. The monoisotopic (exact) mass is 275 g/mol. The van der Waals surface area contributed by atoms with Crippen molar-refractivity contribution in [1.29, 1.82) is 0 Å². The van der Waals surface area contributed by atoms with Crippen LogP contribution in [0.25, 0.3) is 0 Å². The Hall–Kier alpha value is -2.37. The van der Waals surface area contributed by atoms with Crippen LogP contribution in [0.2, 0.25) is 0 Å². The van der Waals surface area contributed by atoms with E-state index in [1.165, 1.54) is 0 Å². The van der Waals surface area contributed by atoms with Crippen LogP contribution in [0.1, 0.15) is 23.7 Å². The van der Waals surface area contributed by atoms with Gasteiger partial charge in [-0.05, 0) is 48.7 Å². The lowest BCUT2D eigenvalue weighted by atomic mass is 10.1. The van der Waals surface area contributed by atoms with Gasteiger partial charge in [0.15, 0.2) is 6.61 Å². The molecule has 1 aromatic carbocycles. The first-order valence-electron chi connectivity index (χ1n) is 6.41. The normalized spacial score (nSPS) is 10.3. The molecule has 0 atom stereocenters. The summed E-state index contributed by atoms with van der Waals surface area (Å²) in [4.78, 5) is 11.8. The van der Waals surface area contributed by atoms with Crippen molar-refractivity contribution in [2.24, 2.45) is 0 Å². The highest BCUT2D eigenvalue weighted by Gasteiger charge is 2.12. The summed E-state index contributed by atoms with van der Waals surface area (Å²) in [7, 11) is 0. The van der Waals surface area contributed by atoms with Gasteiger partial charge in [-0.1, -0.05) is 18.1 Å². The molecule has 0 spiro atoms.